The predicted octanol–water partition coefficient (Wildman–Crippen LogP) is 0.779. The Hall–Kier alpha value is 1.44. The van der Waals surface area contributed by atoms with Crippen molar-refractivity contribution in [2.45, 2.75) is 39.3 Å². The van der Waals surface area contributed by atoms with E-state index in [1.54, 1.807) is 0 Å². The fourth-order valence-corrected chi connectivity index (χ4v) is 3.53. The smallest absolute Gasteiger partial charge is 0.358 e. The fraction of sp³-hybridized carbons (Fsp3) is 0.632. The molecule has 0 spiro atoms. The Morgan fingerprint density at radius 2 is 1.71 bits per heavy atom. The molecule has 0 amide bonds. The van der Waals surface area contributed by atoms with E-state index in [1.165, 1.54) is 11.1 Å². The number of nitrogens with one attached hydrogen (secondary N) is 1. The van der Waals surface area contributed by atoms with Crippen LogP contribution in [-0.2, 0) is 0 Å². The molecule has 1 atom stereocenters. The van der Waals surface area contributed by atoms with Crippen LogP contribution in [0.1, 0.15) is 37.4 Å². The summed E-state index contributed by atoms with van der Waals surface area (Å²) in [4.78, 5) is 5.20. The Morgan fingerprint density at radius 1 is 1.12 bits per heavy atom. The van der Waals surface area contributed by atoms with Crippen LogP contribution >= 0.6 is 11.6 Å². The standard InChI is InChI=1S/C18H30ClN3.CH3.Cs/c1-14(2)21-9-11-22(12-10-21)18(7-8-20-4)17-13-16(19)6-5-15(17)3;;/h5-6,13-14,18,20H,7-12H2,1-4H3;1H3;/q;-1;+1. The van der Waals surface area contributed by atoms with E-state index in [0.717, 1.165) is 44.2 Å². The number of benzene rings is 1. The second-order valence-electron chi connectivity index (χ2n) is 6.57. The van der Waals surface area contributed by atoms with Crippen molar-refractivity contribution in [3.05, 3.63) is 41.8 Å². The molecule has 1 heterocycles. The maximum atomic E-state index is 6.26. The first-order chi connectivity index (χ1) is 10.5. The molecule has 5 heteroatoms. The van der Waals surface area contributed by atoms with Gasteiger partial charge in [0.05, 0.1) is 0 Å². The van der Waals surface area contributed by atoms with Crippen molar-refractivity contribution in [1.29, 1.82) is 0 Å². The Kier molecular flexibility index (Phi) is 13.5. The van der Waals surface area contributed by atoms with E-state index in [9.17, 15) is 0 Å². The third-order valence-electron chi connectivity index (χ3n) is 4.79. The maximum Gasteiger partial charge on any atom is 1.00 e. The van der Waals surface area contributed by atoms with Crippen molar-refractivity contribution >= 4 is 11.6 Å². The van der Waals surface area contributed by atoms with Crippen LogP contribution in [0.15, 0.2) is 18.2 Å². The molecule has 1 saturated heterocycles. The predicted molar refractivity (Wildman–Crippen MR) is 102 cm³/mol. The molecule has 1 N–H and O–H groups in total. The zero-order valence-corrected chi connectivity index (χ0v) is 23.4. The summed E-state index contributed by atoms with van der Waals surface area (Å²) in [6.07, 6.45) is 1.12. The van der Waals surface area contributed by atoms with Gasteiger partial charge in [0, 0.05) is 43.3 Å². The Morgan fingerprint density at radius 3 is 2.25 bits per heavy atom. The van der Waals surface area contributed by atoms with Gasteiger partial charge in [-0.15, -0.1) is 0 Å². The van der Waals surface area contributed by atoms with Crippen molar-refractivity contribution in [2.75, 3.05) is 39.8 Å². The molecule has 1 unspecified atom stereocenters. The zero-order chi connectivity index (χ0) is 16.1. The van der Waals surface area contributed by atoms with E-state index in [0.29, 0.717) is 12.1 Å². The van der Waals surface area contributed by atoms with E-state index >= 15 is 0 Å². The first-order valence-corrected chi connectivity index (χ1v) is 8.79. The summed E-state index contributed by atoms with van der Waals surface area (Å²) >= 11 is 6.26. The largest absolute Gasteiger partial charge is 1.00 e. The molecule has 0 radical (unpaired) electrons. The van der Waals surface area contributed by atoms with E-state index in [1.807, 2.05) is 13.1 Å². The molecule has 3 nitrogen and oxygen atoms in total. The van der Waals surface area contributed by atoms with Gasteiger partial charge in [-0.3, -0.25) is 9.80 Å². The van der Waals surface area contributed by atoms with Gasteiger partial charge in [0.25, 0.3) is 0 Å². The molecule has 0 saturated carbocycles. The minimum atomic E-state index is 0. The molecule has 2 rings (SSSR count). The van der Waals surface area contributed by atoms with Crippen LogP contribution in [0.25, 0.3) is 0 Å². The average molecular weight is 472 g/mol. The number of aryl methyl sites for hydroxylation is 1. The summed E-state index contributed by atoms with van der Waals surface area (Å²) in [6.45, 7) is 12.4. The number of nitrogens with zero attached hydrogens (tertiary/aromatic N) is 2. The minimum Gasteiger partial charge on any atom is -0.358 e. The van der Waals surface area contributed by atoms with E-state index in [2.05, 4.69) is 48.0 Å². The first kappa shape index (κ1) is 25.4. The molecule has 132 valence electrons. The van der Waals surface area contributed by atoms with E-state index in [-0.39, 0.29) is 76.3 Å². The molecule has 0 aliphatic carbocycles. The van der Waals surface area contributed by atoms with Crippen molar-refractivity contribution in [3.8, 4) is 0 Å². The second kappa shape index (κ2) is 12.8. The van der Waals surface area contributed by atoms with Gasteiger partial charge in [-0.2, -0.15) is 0 Å². The fourth-order valence-electron chi connectivity index (χ4n) is 3.35. The van der Waals surface area contributed by atoms with Gasteiger partial charge < -0.3 is 12.7 Å². The first-order valence-electron chi connectivity index (χ1n) is 8.41. The molecule has 1 aliphatic rings. The number of hydrogen-bond donors (Lipinski definition) is 1. The van der Waals surface area contributed by atoms with Crippen LogP contribution in [-0.4, -0.2) is 55.6 Å². The topological polar surface area (TPSA) is 18.5 Å². The van der Waals surface area contributed by atoms with Crippen molar-refractivity contribution in [2.24, 2.45) is 0 Å². The van der Waals surface area contributed by atoms with Crippen molar-refractivity contribution < 1.29 is 68.9 Å². The van der Waals surface area contributed by atoms with Gasteiger partial charge >= 0.3 is 68.9 Å². The third kappa shape index (κ3) is 7.22. The molecule has 1 aliphatic heterocycles. The Balaban J connectivity index is 0.00000264. The van der Waals surface area contributed by atoms with Crippen molar-refractivity contribution in [3.63, 3.8) is 0 Å². The van der Waals surface area contributed by atoms with Gasteiger partial charge in [0.2, 0.25) is 0 Å². The van der Waals surface area contributed by atoms with E-state index < -0.39 is 0 Å². The summed E-state index contributed by atoms with van der Waals surface area (Å²) in [5.74, 6) is 0. The molecular weight excluding hydrogens is 439 g/mol. The monoisotopic (exact) mass is 471 g/mol. The molecule has 0 aromatic heterocycles. The summed E-state index contributed by atoms with van der Waals surface area (Å²) in [6, 6.07) is 7.40. The number of halogens is 1. The van der Waals surface area contributed by atoms with Crippen LogP contribution in [0, 0.1) is 14.4 Å². The summed E-state index contributed by atoms with van der Waals surface area (Å²) in [5, 5.41) is 4.14. The molecule has 1 aromatic carbocycles. The summed E-state index contributed by atoms with van der Waals surface area (Å²) < 4.78 is 0. The van der Waals surface area contributed by atoms with E-state index in [4.69, 9.17) is 11.6 Å². The summed E-state index contributed by atoms with van der Waals surface area (Å²) in [7, 11) is 2.03. The SMILES string of the molecule is CNCCC(c1cc(Cl)ccc1C)N1CCN(C(C)C)CC1.[CH3-].[Cs+]. The Labute approximate surface area is 213 Å². The number of hydrogen-bond acceptors (Lipinski definition) is 3. The normalized spacial score (nSPS) is 17.2. The van der Waals surface area contributed by atoms with Crippen LogP contribution in [0.2, 0.25) is 5.02 Å². The Bertz CT molecular complexity index is 474. The van der Waals surface area contributed by atoms with Crippen LogP contribution in [0.4, 0.5) is 0 Å². The van der Waals surface area contributed by atoms with Crippen LogP contribution in [0.3, 0.4) is 0 Å². The number of rotatable bonds is 6. The van der Waals surface area contributed by atoms with Gasteiger partial charge in [-0.25, -0.2) is 0 Å². The van der Waals surface area contributed by atoms with Gasteiger partial charge in [-0.1, -0.05) is 17.7 Å². The van der Waals surface area contributed by atoms with Gasteiger partial charge in [-0.05, 0) is 64.0 Å². The summed E-state index contributed by atoms with van der Waals surface area (Å²) in [5.41, 5.74) is 2.73. The van der Waals surface area contributed by atoms with Crippen LogP contribution in [0.5, 0.6) is 0 Å². The van der Waals surface area contributed by atoms with Crippen LogP contribution < -0.4 is 74.2 Å². The zero-order valence-electron chi connectivity index (χ0n) is 16.4. The maximum absolute atomic E-state index is 6.26. The molecular formula is C19H33ClCsN3. The molecule has 0 bridgehead atoms. The second-order valence-corrected chi connectivity index (χ2v) is 7.01. The number of piperazine rings is 1. The van der Waals surface area contributed by atoms with Crippen molar-refractivity contribution in [1.82, 2.24) is 15.1 Å². The minimum absolute atomic E-state index is 0. The molecule has 24 heavy (non-hydrogen) atoms. The molecule has 1 fully saturated rings. The van der Waals surface area contributed by atoms with Gasteiger partial charge in [0.1, 0.15) is 0 Å². The average Bonchev–Trinajstić information content (AvgIpc) is 2.51. The quantitative estimate of drug-likeness (QED) is 0.619. The van der Waals surface area contributed by atoms with Gasteiger partial charge in [0.15, 0.2) is 0 Å². The third-order valence-corrected chi connectivity index (χ3v) is 5.02. The molecule has 1 aromatic rings.